The predicted octanol–water partition coefficient (Wildman–Crippen LogP) is 3.06. The monoisotopic (exact) mass is 372 g/mol. The van der Waals surface area contributed by atoms with Gasteiger partial charge in [-0.2, -0.15) is 0 Å². The fourth-order valence-corrected chi connectivity index (χ4v) is 2.32. The van der Waals surface area contributed by atoms with Crippen LogP contribution in [0.25, 0.3) is 0 Å². The Bertz CT molecular complexity index is 790. The number of rotatable bonds is 6. The standard InChI is InChI=1S/C19H20N2O4S/c1-3-24-18(23)14-8-10-15(11-9-14)20-19(26)21-17(22)12-25-16-7-5-4-6-13(16)2/h4-11H,3,12H2,1-2H3,(H2,20,21,22,26). The second kappa shape index (κ2) is 9.53. The Morgan fingerprint density at radius 3 is 2.42 bits per heavy atom. The quantitative estimate of drug-likeness (QED) is 0.600. The molecule has 0 spiro atoms. The van der Waals surface area contributed by atoms with Crippen LogP contribution in [0.3, 0.4) is 0 Å². The molecule has 0 aromatic heterocycles. The lowest BCUT2D eigenvalue weighted by Gasteiger charge is -2.11. The molecule has 6 nitrogen and oxygen atoms in total. The Morgan fingerprint density at radius 2 is 1.77 bits per heavy atom. The third-order valence-electron chi connectivity index (χ3n) is 3.36. The minimum atomic E-state index is -0.386. The second-order valence-electron chi connectivity index (χ2n) is 5.35. The molecule has 2 rings (SSSR count). The summed E-state index contributed by atoms with van der Waals surface area (Å²) in [6, 6.07) is 14.0. The van der Waals surface area contributed by atoms with E-state index in [1.807, 2.05) is 25.1 Å². The topological polar surface area (TPSA) is 76.7 Å². The zero-order chi connectivity index (χ0) is 18.9. The summed E-state index contributed by atoms with van der Waals surface area (Å²) < 4.78 is 10.4. The van der Waals surface area contributed by atoms with Crippen molar-refractivity contribution >= 4 is 34.9 Å². The largest absolute Gasteiger partial charge is 0.483 e. The average molecular weight is 372 g/mol. The van der Waals surface area contributed by atoms with E-state index in [4.69, 9.17) is 21.7 Å². The maximum Gasteiger partial charge on any atom is 0.338 e. The molecule has 2 N–H and O–H groups in total. The summed E-state index contributed by atoms with van der Waals surface area (Å²) in [6.07, 6.45) is 0. The average Bonchev–Trinajstić information content (AvgIpc) is 2.61. The molecule has 2 aromatic rings. The van der Waals surface area contributed by atoms with Gasteiger partial charge in [0, 0.05) is 5.69 Å². The van der Waals surface area contributed by atoms with E-state index in [2.05, 4.69) is 10.6 Å². The lowest BCUT2D eigenvalue weighted by molar-refractivity contribution is -0.121. The molecule has 26 heavy (non-hydrogen) atoms. The van der Waals surface area contributed by atoms with Crippen LogP contribution in [0.4, 0.5) is 5.69 Å². The molecule has 0 aliphatic rings. The van der Waals surface area contributed by atoms with Crippen molar-refractivity contribution in [2.24, 2.45) is 0 Å². The van der Waals surface area contributed by atoms with Crippen LogP contribution in [-0.2, 0) is 9.53 Å². The van der Waals surface area contributed by atoms with E-state index < -0.39 is 0 Å². The zero-order valence-electron chi connectivity index (χ0n) is 14.6. The van der Waals surface area contributed by atoms with Crippen molar-refractivity contribution in [1.29, 1.82) is 0 Å². The molecule has 0 unspecified atom stereocenters. The molecular weight excluding hydrogens is 352 g/mol. The molecule has 0 fully saturated rings. The van der Waals surface area contributed by atoms with E-state index in [0.29, 0.717) is 23.6 Å². The molecule has 7 heteroatoms. The number of para-hydroxylation sites is 1. The highest BCUT2D eigenvalue weighted by molar-refractivity contribution is 7.80. The van der Waals surface area contributed by atoms with Crippen molar-refractivity contribution in [1.82, 2.24) is 5.32 Å². The Balaban J connectivity index is 1.81. The molecule has 0 radical (unpaired) electrons. The molecule has 136 valence electrons. The number of anilines is 1. The van der Waals surface area contributed by atoms with E-state index in [0.717, 1.165) is 5.56 Å². The van der Waals surface area contributed by atoms with Gasteiger partial charge in [-0.1, -0.05) is 18.2 Å². The molecule has 0 saturated heterocycles. The van der Waals surface area contributed by atoms with E-state index in [1.165, 1.54) is 0 Å². The third kappa shape index (κ3) is 5.86. The summed E-state index contributed by atoms with van der Waals surface area (Å²) in [4.78, 5) is 23.5. The van der Waals surface area contributed by atoms with E-state index in [9.17, 15) is 9.59 Å². The minimum Gasteiger partial charge on any atom is -0.483 e. The van der Waals surface area contributed by atoms with Gasteiger partial charge >= 0.3 is 5.97 Å². The Morgan fingerprint density at radius 1 is 1.08 bits per heavy atom. The fourth-order valence-electron chi connectivity index (χ4n) is 2.09. The number of benzene rings is 2. The smallest absolute Gasteiger partial charge is 0.338 e. The van der Waals surface area contributed by atoms with Crippen molar-refractivity contribution in [2.75, 3.05) is 18.5 Å². The fraction of sp³-hybridized carbons (Fsp3) is 0.211. The van der Waals surface area contributed by atoms with E-state index in [1.54, 1.807) is 37.3 Å². The lowest BCUT2D eigenvalue weighted by atomic mass is 10.2. The van der Waals surface area contributed by atoms with Crippen LogP contribution < -0.4 is 15.4 Å². The summed E-state index contributed by atoms with van der Waals surface area (Å²) in [5.74, 6) is -0.103. The number of amides is 1. The van der Waals surface area contributed by atoms with Gasteiger partial charge in [-0.3, -0.25) is 10.1 Å². The number of thiocarbonyl (C=S) groups is 1. The van der Waals surface area contributed by atoms with Gasteiger partial charge in [0.1, 0.15) is 5.75 Å². The van der Waals surface area contributed by atoms with Gasteiger partial charge in [0.15, 0.2) is 11.7 Å². The molecular formula is C19H20N2O4S. The number of ether oxygens (including phenoxy) is 2. The first-order valence-corrected chi connectivity index (χ1v) is 8.47. The van der Waals surface area contributed by atoms with Crippen LogP contribution in [0.5, 0.6) is 5.75 Å². The van der Waals surface area contributed by atoms with Gasteiger partial charge in [0.2, 0.25) is 0 Å². The molecule has 0 aliphatic heterocycles. The number of hydrogen-bond donors (Lipinski definition) is 2. The highest BCUT2D eigenvalue weighted by Crippen LogP contribution is 2.15. The molecule has 0 heterocycles. The molecule has 1 amide bonds. The van der Waals surface area contributed by atoms with Crippen LogP contribution in [0.15, 0.2) is 48.5 Å². The normalized spacial score (nSPS) is 9.92. The summed E-state index contributed by atoms with van der Waals surface area (Å²) in [6.45, 7) is 3.82. The number of nitrogens with one attached hydrogen (secondary N) is 2. The number of aryl methyl sites for hydroxylation is 1. The summed E-state index contributed by atoms with van der Waals surface area (Å²) in [5.41, 5.74) is 2.03. The van der Waals surface area contributed by atoms with Gasteiger partial charge in [0.05, 0.1) is 12.2 Å². The first-order chi connectivity index (χ1) is 12.5. The minimum absolute atomic E-state index is 0.144. The highest BCUT2D eigenvalue weighted by atomic mass is 32.1. The molecule has 0 atom stereocenters. The van der Waals surface area contributed by atoms with Crippen LogP contribution in [0.1, 0.15) is 22.8 Å². The van der Waals surface area contributed by atoms with Gasteiger partial charge in [-0.25, -0.2) is 4.79 Å². The van der Waals surface area contributed by atoms with Gasteiger partial charge < -0.3 is 14.8 Å². The summed E-state index contributed by atoms with van der Waals surface area (Å²) in [7, 11) is 0. The van der Waals surface area contributed by atoms with E-state index >= 15 is 0 Å². The molecule has 0 saturated carbocycles. The van der Waals surface area contributed by atoms with Crippen molar-refractivity contribution in [3.8, 4) is 5.75 Å². The Labute approximate surface area is 157 Å². The summed E-state index contributed by atoms with van der Waals surface area (Å²) in [5, 5.41) is 5.56. The molecule has 2 aromatic carbocycles. The third-order valence-corrected chi connectivity index (χ3v) is 3.56. The molecule has 0 aliphatic carbocycles. The highest BCUT2D eigenvalue weighted by Gasteiger charge is 2.09. The van der Waals surface area contributed by atoms with Crippen LogP contribution in [-0.4, -0.2) is 30.2 Å². The van der Waals surface area contributed by atoms with Crippen molar-refractivity contribution in [2.45, 2.75) is 13.8 Å². The lowest BCUT2D eigenvalue weighted by Crippen LogP contribution is -2.37. The first kappa shape index (κ1) is 19.4. The number of carbonyl (C=O) groups excluding carboxylic acids is 2. The predicted molar refractivity (Wildman–Crippen MR) is 103 cm³/mol. The van der Waals surface area contributed by atoms with Gasteiger partial charge in [-0.05, 0) is 62.0 Å². The number of esters is 1. The van der Waals surface area contributed by atoms with Crippen molar-refractivity contribution in [3.05, 3.63) is 59.7 Å². The van der Waals surface area contributed by atoms with Crippen LogP contribution in [0, 0.1) is 6.92 Å². The van der Waals surface area contributed by atoms with Gasteiger partial charge in [0.25, 0.3) is 5.91 Å². The zero-order valence-corrected chi connectivity index (χ0v) is 15.4. The number of carbonyl (C=O) groups is 2. The van der Waals surface area contributed by atoms with Gasteiger partial charge in [-0.15, -0.1) is 0 Å². The molecule has 0 bridgehead atoms. The maximum atomic E-state index is 11.9. The first-order valence-electron chi connectivity index (χ1n) is 8.06. The Kier molecular flexibility index (Phi) is 7.11. The Hall–Kier alpha value is -2.93. The van der Waals surface area contributed by atoms with Crippen LogP contribution in [0.2, 0.25) is 0 Å². The number of hydrogen-bond acceptors (Lipinski definition) is 5. The van der Waals surface area contributed by atoms with E-state index in [-0.39, 0.29) is 23.6 Å². The SMILES string of the molecule is CCOC(=O)c1ccc(NC(=S)NC(=O)COc2ccccc2C)cc1. The van der Waals surface area contributed by atoms with Crippen LogP contribution >= 0.6 is 12.2 Å². The maximum absolute atomic E-state index is 11.9. The second-order valence-corrected chi connectivity index (χ2v) is 5.76. The summed E-state index contributed by atoms with van der Waals surface area (Å²) >= 11 is 5.10. The van der Waals surface area contributed by atoms with Crippen molar-refractivity contribution < 1.29 is 19.1 Å². The van der Waals surface area contributed by atoms with Crippen molar-refractivity contribution in [3.63, 3.8) is 0 Å².